The van der Waals surface area contributed by atoms with Crippen molar-refractivity contribution in [3.63, 3.8) is 0 Å². The molecule has 1 aromatic carbocycles. The van der Waals surface area contributed by atoms with Crippen LogP contribution in [0.1, 0.15) is 35.4 Å². The van der Waals surface area contributed by atoms with E-state index in [9.17, 15) is 9.90 Å². The molecule has 1 fully saturated rings. The van der Waals surface area contributed by atoms with Gasteiger partial charge in [0.15, 0.2) is 0 Å². The summed E-state index contributed by atoms with van der Waals surface area (Å²) >= 11 is 6.34. The lowest BCUT2D eigenvalue weighted by molar-refractivity contribution is 0.132. The topological polar surface area (TPSA) is 70.0 Å². The summed E-state index contributed by atoms with van der Waals surface area (Å²) in [4.78, 5) is 12.5. The first-order valence-corrected chi connectivity index (χ1v) is 7.82. The molecule has 1 saturated heterocycles. The average Bonchev–Trinajstić information content (AvgIpc) is 2.50. The van der Waals surface area contributed by atoms with Crippen molar-refractivity contribution in [3.8, 4) is 5.75 Å². The van der Waals surface area contributed by atoms with Crippen molar-refractivity contribution in [3.05, 3.63) is 27.8 Å². The molecule has 1 heterocycles. The lowest BCUT2D eigenvalue weighted by Crippen LogP contribution is -2.37. The number of aliphatic hydroxyl groups is 1. The predicted octanol–water partition coefficient (Wildman–Crippen LogP) is 3.05. The second kappa shape index (κ2) is 7.20. The number of amides is 1. The second-order valence-electron chi connectivity index (χ2n) is 5.61. The highest BCUT2D eigenvalue weighted by molar-refractivity contribution is 6.31. The summed E-state index contributed by atoms with van der Waals surface area (Å²) < 4.78 is 5.59. The molecule has 122 valence electrons. The standard InChI is InChI=1S/C16H22ClNO4/c1-10-13(17)9-12(5-8-19)15(22-2)14(10)11-3-6-18(7-4-11)16(20)21/h9,11,19H,3-8H2,1-2H3,(H,20,21). The number of carboxylic acid groups (broad SMARTS) is 1. The van der Waals surface area contributed by atoms with Gasteiger partial charge in [-0.15, -0.1) is 0 Å². The Morgan fingerprint density at radius 1 is 1.45 bits per heavy atom. The molecule has 1 aromatic rings. The molecule has 0 saturated carbocycles. The maximum absolute atomic E-state index is 11.0. The van der Waals surface area contributed by atoms with Gasteiger partial charge in [0.2, 0.25) is 0 Å². The van der Waals surface area contributed by atoms with E-state index in [0.717, 1.165) is 35.3 Å². The third-order valence-corrected chi connectivity index (χ3v) is 4.75. The summed E-state index contributed by atoms with van der Waals surface area (Å²) in [5.74, 6) is 1.01. The Balaban J connectivity index is 2.35. The molecule has 2 N–H and O–H groups in total. The van der Waals surface area contributed by atoms with Crippen molar-refractivity contribution in [2.45, 2.75) is 32.1 Å². The third kappa shape index (κ3) is 3.31. The number of hydrogen-bond acceptors (Lipinski definition) is 3. The van der Waals surface area contributed by atoms with Crippen LogP contribution < -0.4 is 4.74 Å². The normalized spacial score (nSPS) is 15.9. The van der Waals surface area contributed by atoms with E-state index >= 15 is 0 Å². The highest BCUT2D eigenvalue weighted by atomic mass is 35.5. The first-order chi connectivity index (χ1) is 10.5. The zero-order valence-electron chi connectivity index (χ0n) is 12.9. The van der Waals surface area contributed by atoms with Crippen molar-refractivity contribution in [1.82, 2.24) is 4.90 Å². The van der Waals surface area contributed by atoms with Crippen molar-refractivity contribution < 1.29 is 19.7 Å². The van der Waals surface area contributed by atoms with Crippen LogP contribution in [0.25, 0.3) is 0 Å². The zero-order chi connectivity index (χ0) is 16.3. The van der Waals surface area contributed by atoms with Crippen molar-refractivity contribution in [2.24, 2.45) is 0 Å². The lowest BCUT2D eigenvalue weighted by atomic mass is 9.84. The molecule has 1 aliphatic rings. The van der Waals surface area contributed by atoms with Crippen LogP contribution in [0.4, 0.5) is 4.79 Å². The van der Waals surface area contributed by atoms with E-state index in [0.29, 0.717) is 24.5 Å². The van der Waals surface area contributed by atoms with Gasteiger partial charge in [-0.1, -0.05) is 11.6 Å². The van der Waals surface area contributed by atoms with E-state index in [4.69, 9.17) is 21.4 Å². The Labute approximate surface area is 135 Å². The maximum Gasteiger partial charge on any atom is 0.407 e. The molecule has 2 rings (SSSR count). The summed E-state index contributed by atoms with van der Waals surface area (Å²) in [6.45, 7) is 3.04. The Morgan fingerprint density at radius 3 is 2.59 bits per heavy atom. The molecule has 0 spiro atoms. The van der Waals surface area contributed by atoms with Crippen molar-refractivity contribution in [1.29, 1.82) is 0 Å². The van der Waals surface area contributed by atoms with Crippen molar-refractivity contribution >= 4 is 17.7 Å². The number of methoxy groups -OCH3 is 1. The largest absolute Gasteiger partial charge is 0.496 e. The van der Waals surface area contributed by atoms with Gasteiger partial charge in [0.25, 0.3) is 0 Å². The molecule has 0 radical (unpaired) electrons. The minimum absolute atomic E-state index is 0.0344. The van der Waals surface area contributed by atoms with Crippen LogP contribution in [0.15, 0.2) is 6.07 Å². The molecule has 0 aliphatic carbocycles. The first kappa shape index (κ1) is 16.9. The van der Waals surface area contributed by atoms with Crippen LogP contribution in [0.5, 0.6) is 5.75 Å². The van der Waals surface area contributed by atoms with Gasteiger partial charge in [-0.05, 0) is 49.3 Å². The Morgan fingerprint density at radius 2 is 2.09 bits per heavy atom. The van der Waals surface area contributed by atoms with Crippen LogP contribution in [0, 0.1) is 6.92 Å². The molecule has 0 atom stereocenters. The molecular weight excluding hydrogens is 306 g/mol. The van der Waals surface area contributed by atoms with Crippen molar-refractivity contribution in [2.75, 3.05) is 26.8 Å². The molecule has 5 nitrogen and oxygen atoms in total. The zero-order valence-corrected chi connectivity index (χ0v) is 13.7. The number of carbonyl (C=O) groups is 1. The summed E-state index contributed by atoms with van der Waals surface area (Å²) in [6, 6.07) is 1.85. The Bertz CT molecular complexity index is 554. The SMILES string of the molecule is COc1c(CCO)cc(Cl)c(C)c1C1CCN(C(=O)O)CC1. The number of nitrogens with zero attached hydrogens (tertiary/aromatic N) is 1. The number of aliphatic hydroxyl groups excluding tert-OH is 1. The van der Waals surface area contributed by atoms with Crippen LogP contribution >= 0.6 is 11.6 Å². The molecular formula is C16H22ClNO4. The number of benzene rings is 1. The van der Waals surface area contributed by atoms with E-state index in [2.05, 4.69) is 0 Å². The summed E-state index contributed by atoms with van der Waals surface area (Å²) in [7, 11) is 1.62. The van der Waals surface area contributed by atoms with Gasteiger partial charge in [0.1, 0.15) is 5.75 Å². The summed E-state index contributed by atoms with van der Waals surface area (Å²) in [6.07, 6.45) is 1.13. The number of ether oxygens (including phenoxy) is 1. The van der Waals surface area contributed by atoms with Crippen LogP contribution in [0.3, 0.4) is 0 Å². The lowest BCUT2D eigenvalue weighted by Gasteiger charge is -2.32. The first-order valence-electron chi connectivity index (χ1n) is 7.44. The second-order valence-corrected chi connectivity index (χ2v) is 6.01. The molecule has 0 unspecified atom stereocenters. The number of piperidine rings is 1. The van der Waals surface area contributed by atoms with Gasteiger partial charge in [0.05, 0.1) is 7.11 Å². The highest BCUT2D eigenvalue weighted by Gasteiger charge is 2.28. The number of halogens is 1. The minimum atomic E-state index is -0.866. The average molecular weight is 328 g/mol. The minimum Gasteiger partial charge on any atom is -0.496 e. The fraction of sp³-hybridized carbons (Fsp3) is 0.562. The molecule has 1 amide bonds. The predicted molar refractivity (Wildman–Crippen MR) is 85.1 cm³/mol. The van der Waals surface area contributed by atoms with Crippen LogP contribution in [0.2, 0.25) is 5.02 Å². The molecule has 22 heavy (non-hydrogen) atoms. The van der Waals surface area contributed by atoms with E-state index in [1.807, 2.05) is 13.0 Å². The number of likely N-dealkylation sites (tertiary alicyclic amines) is 1. The third-order valence-electron chi connectivity index (χ3n) is 4.36. The van der Waals surface area contributed by atoms with E-state index in [1.165, 1.54) is 4.90 Å². The van der Waals surface area contributed by atoms with Crippen LogP contribution in [-0.4, -0.2) is 48.0 Å². The quantitative estimate of drug-likeness (QED) is 0.891. The fourth-order valence-electron chi connectivity index (χ4n) is 3.20. The fourth-order valence-corrected chi connectivity index (χ4v) is 3.43. The van der Waals surface area contributed by atoms with Gasteiger partial charge in [-0.3, -0.25) is 0 Å². The number of hydrogen-bond donors (Lipinski definition) is 2. The van der Waals surface area contributed by atoms with Gasteiger partial charge in [0, 0.05) is 30.3 Å². The molecule has 1 aliphatic heterocycles. The van der Waals surface area contributed by atoms with E-state index < -0.39 is 6.09 Å². The van der Waals surface area contributed by atoms with Crippen LogP contribution in [-0.2, 0) is 6.42 Å². The Kier molecular flexibility index (Phi) is 5.53. The smallest absolute Gasteiger partial charge is 0.407 e. The highest BCUT2D eigenvalue weighted by Crippen LogP contribution is 2.41. The molecule has 0 aromatic heterocycles. The van der Waals surface area contributed by atoms with Gasteiger partial charge < -0.3 is 19.8 Å². The van der Waals surface area contributed by atoms with Gasteiger partial charge >= 0.3 is 6.09 Å². The van der Waals surface area contributed by atoms with Gasteiger partial charge in [-0.2, -0.15) is 0 Å². The summed E-state index contributed by atoms with van der Waals surface area (Å²) in [5.41, 5.74) is 2.94. The molecule has 6 heteroatoms. The van der Waals surface area contributed by atoms with E-state index in [-0.39, 0.29) is 12.5 Å². The monoisotopic (exact) mass is 327 g/mol. The van der Waals surface area contributed by atoms with Gasteiger partial charge in [-0.25, -0.2) is 4.79 Å². The number of rotatable bonds is 4. The summed E-state index contributed by atoms with van der Waals surface area (Å²) in [5, 5.41) is 19.0. The van der Waals surface area contributed by atoms with E-state index in [1.54, 1.807) is 7.11 Å². The Hall–Kier alpha value is -1.46. The molecule has 0 bridgehead atoms. The maximum atomic E-state index is 11.0.